The number of anilines is 1. The Morgan fingerprint density at radius 1 is 1.35 bits per heavy atom. The molecule has 0 radical (unpaired) electrons. The minimum atomic E-state index is -0.985. The first-order valence-electron chi connectivity index (χ1n) is 8.56. The van der Waals surface area contributed by atoms with Gasteiger partial charge in [0.05, 0.1) is 17.5 Å². The van der Waals surface area contributed by atoms with Crippen molar-refractivity contribution in [2.75, 3.05) is 18.0 Å². The summed E-state index contributed by atoms with van der Waals surface area (Å²) in [6.45, 7) is 1.63. The van der Waals surface area contributed by atoms with Crippen molar-refractivity contribution in [1.82, 2.24) is 4.90 Å². The standard InChI is InChI=1S/C18H20F2N2O4/c1-10(18(25)26)8-21(13-3-4-13)17(24)11-6-16(23)22(9-11)15-5-2-12(19)7-14(15)20/h2,5,7,10-11,13H,3-4,6,8-9H2,1H3,(H,25,26). The van der Waals surface area contributed by atoms with Crippen LogP contribution in [0.5, 0.6) is 0 Å². The molecule has 3 rings (SSSR count). The molecule has 0 spiro atoms. The molecule has 1 aromatic carbocycles. The molecule has 2 amide bonds. The van der Waals surface area contributed by atoms with E-state index in [9.17, 15) is 23.2 Å². The third kappa shape index (κ3) is 3.68. The van der Waals surface area contributed by atoms with Crippen LogP contribution >= 0.6 is 0 Å². The van der Waals surface area contributed by atoms with Crippen LogP contribution in [0.1, 0.15) is 26.2 Å². The highest BCUT2D eigenvalue weighted by Crippen LogP contribution is 2.33. The van der Waals surface area contributed by atoms with E-state index in [0.717, 1.165) is 23.8 Å². The average molecular weight is 366 g/mol. The first kappa shape index (κ1) is 18.3. The lowest BCUT2D eigenvalue weighted by atomic mass is 10.1. The van der Waals surface area contributed by atoms with Crippen molar-refractivity contribution in [1.29, 1.82) is 0 Å². The van der Waals surface area contributed by atoms with Gasteiger partial charge in [-0.1, -0.05) is 6.92 Å². The van der Waals surface area contributed by atoms with Gasteiger partial charge in [-0.15, -0.1) is 0 Å². The second kappa shape index (κ2) is 7.01. The molecule has 26 heavy (non-hydrogen) atoms. The second-order valence-corrected chi connectivity index (χ2v) is 6.96. The van der Waals surface area contributed by atoms with Crippen LogP contribution < -0.4 is 4.90 Å². The summed E-state index contributed by atoms with van der Waals surface area (Å²) in [5.41, 5.74) is -0.0522. The fraction of sp³-hybridized carbons (Fsp3) is 0.500. The second-order valence-electron chi connectivity index (χ2n) is 6.96. The van der Waals surface area contributed by atoms with E-state index in [1.54, 1.807) is 4.90 Å². The normalized spacial score (nSPS) is 21.0. The third-order valence-electron chi connectivity index (χ3n) is 4.84. The van der Waals surface area contributed by atoms with Crippen molar-refractivity contribution in [3.05, 3.63) is 29.8 Å². The third-order valence-corrected chi connectivity index (χ3v) is 4.84. The first-order chi connectivity index (χ1) is 12.3. The number of benzene rings is 1. The molecule has 0 bridgehead atoms. The van der Waals surface area contributed by atoms with Gasteiger partial charge in [-0.3, -0.25) is 14.4 Å². The smallest absolute Gasteiger partial charge is 0.308 e. The van der Waals surface area contributed by atoms with E-state index in [-0.39, 0.29) is 37.1 Å². The highest BCUT2D eigenvalue weighted by atomic mass is 19.1. The van der Waals surface area contributed by atoms with Crippen LogP contribution in [0, 0.1) is 23.5 Å². The number of carboxylic acids is 1. The molecule has 1 saturated heterocycles. The summed E-state index contributed by atoms with van der Waals surface area (Å²) in [6, 6.07) is 2.95. The number of rotatable bonds is 6. The fourth-order valence-electron chi connectivity index (χ4n) is 3.22. The van der Waals surface area contributed by atoms with Crippen molar-refractivity contribution in [3.8, 4) is 0 Å². The van der Waals surface area contributed by atoms with Gasteiger partial charge >= 0.3 is 5.97 Å². The van der Waals surface area contributed by atoms with Crippen LogP contribution in [-0.4, -0.2) is 46.9 Å². The van der Waals surface area contributed by atoms with Crippen LogP contribution in [0.25, 0.3) is 0 Å². The number of hydrogen-bond donors (Lipinski definition) is 1. The van der Waals surface area contributed by atoms with Gasteiger partial charge in [-0.2, -0.15) is 0 Å². The Labute approximate surface area is 149 Å². The van der Waals surface area contributed by atoms with E-state index in [1.807, 2.05) is 0 Å². The minimum absolute atomic E-state index is 0.00485. The van der Waals surface area contributed by atoms with Gasteiger partial charge in [0.1, 0.15) is 11.6 Å². The van der Waals surface area contributed by atoms with Gasteiger partial charge in [0, 0.05) is 31.6 Å². The molecule has 2 fully saturated rings. The van der Waals surface area contributed by atoms with E-state index in [1.165, 1.54) is 13.0 Å². The molecule has 2 unspecified atom stereocenters. The van der Waals surface area contributed by atoms with Gasteiger partial charge in [0.2, 0.25) is 11.8 Å². The highest BCUT2D eigenvalue weighted by Gasteiger charge is 2.42. The molecular formula is C18H20F2N2O4. The first-order valence-corrected chi connectivity index (χ1v) is 8.56. The van der Waals surface area contributed by atoms with Crippen LogP contribution in [0.15, 0.2) is 18.2 Å². The molecule has 1 N–H and O–H groups in total. The van der Waals surface area contributed by atoms with Crippen LogP contribution in [0.4, 0.5) is 14.5 Å². The van der Waals surface area contributed by atoms with Gasteiger partial charge in [-0.25, -0.2) is 8.78 Å². The number of halogens is 2. The largest absolute Gasteiger partial charge is 0.481 e. The Morgan fingerprint density at radius 3 is 2.62 bits per heavy atom. The monoisotopic (exact) mass is 366 g/mol. The van der Waals surface area contributed by atoms with E-state index >= 15 is 0 Å². The number of carbonyl (C=O) groups excluding carboxylic acids is 2. The highest BCUT2D eigenvalue weighted by molar-refractivity contribution is 6.00. The van der Waals surface area contributed by atoms with Crippen LogP contribution in [-0.2, 0) is 14.4 Å². The molecule has 1 saturated carbocycles. The summed E-state index contributed by atoms with van der Waals surface area (Å²) in [5.74, 6) is -4.63. The number of carbonyl (C=O) groups is 3. The Kier molecular flexibility index (Phi) is 4.93. The summed E-state index contributed by atoms with van der Waals surface area (Å²) in [5, 5.41) is 9.09. The van der Waals surface area contributed by atoms with Crippen molar-refractivity contribution in [2.24, 2.45) is 11.8 Å². The molecule has 1 aromatic rings. The summed E-state index contributed by atoms with van der Waals surface area (Å²) in [6.07, 6.45) is 1.56. The minimum Gasteiger partial charge on any atom is -0.481 e. The number of hydrogen-bond acceptors (Lipinski definition) is 3. The Hall–Kier alpha value is -2.51. The summed E-state index contributed by atoms with van der Waals surface area (Å²) >= 11 is 0. The Bertz CT molecular complexity index is 751. The van der Waals surface area contributed by atoms with Gasteiger partial charge in [-0.05, 0) is 25.0 Å². The molecule has 2 aliphatic rings. The van der Waals surface area contributed by atoms with Crippen molar-refractivity contribution in [3.63, 3.8) is 0 Å². The maximum atomic E-state index is 14.0. The van der Waals surface area contributed by atoms with Crippen LogP contribution in [0.3, 0.4) is 0 Å². The maximum absolute atomic E-state index is 14.0. The lowest BCUT2D eigenvalue weighted by Crippen LogP contribution is -2.42. The summed E-state index contributed by atoms with van der Waals surface area (Å²) in [7, 11) is 0. The van der Waals surface area contributed by atoms with E-state index in [0.29, 0.717) is 6.07 Å². The lowest BCUT2D eigenvalue weighted by molar-refractivity contribution is -0.144. The number of nitrogens with zero attached hydrogens (tertiary/aromatic N) is 2. The summed E-state index contributed by atoms with van der Waals surface area (Å²) in [4.78, 5) is 38.9. The molecule has 2 atom stereocenters. The summed E-state index contributed by atoms with van der Waals surface area (Å²) < 4.78 is 27.0. The van der Waals surface area contributed by atoms with E-state index in [2.05, 4.69) is 0 Å². The molecule has 1 heterocycles. The molecule has 1 aliphatic carbocycles. The maximum Gasteiger partial charge on any atom is 0.308 e. The zero-order chi connectivity index (χ0) is 19.0. The van der Waals surface area contributed by atoms with Crippen molar-refractivity contribution < 1.29 is 28.3 Å². The molecule has 6 nitrogen and oxygen atoms in total. The molecule has 0 aromatic heterocycles. The van der Waals surface area contributed by atoms with Gasteiger partial charge in [0.25, 0.3) is 0 Å². The SMILES string of the molecule is CC(CN(C(=O)C1CC(=O)N(c2ccc(F)cc2F)C1)C1CC1)C(=O)O. The zero-order valence-electron chi connectivity index (χ0n) is 14.3. The fourth-order valence-corrected chi connectivity index (χ4v) is 3.22. The molecule has 140 valence electrons. The number of amides is 2. The van der Waals surface area contributed by atoms with E-state index in [4.69, 9.17) is 5.11 Å². The lowest BCUT2D eigenvalue weighted by Gasteiger charge is -2.27. The molecular weight excluding hydrogens is 346 g/mol. The Morgan fingerprint density at radius 2 is 2.04 bits per heavy atom. The van der Waals surface area contributed by atoms with Crippen molar-refractivity contribution >= 4 is 23.5 Å². The topological polar surface area (TPSA) is 77.9 Å². The predicted molar refractivity (Wildman–Crippen MR) is 88.4 cm³/mol. The quantitative estimate of drug-likeness (QED) is 0.836. The molecule has 1 aliphatic heterocycles. The van der Waals surface area contributed by atoms with Gasteiger partial charge in [0.15, 0.2) is 0 Å². The van der Waals surface area contributed by atoms with Crippen LogP contribution in [0.2, 0.25) is 0 Å². The predicted octanol–water partition coefficient (Wildman–Crippen LogP) is 2.03. The Balaban J connectivity index is 1.74. The number of carboxylic acid groups (broad SMARTS) is 1. The van der Waals surface area contributed by atoms with Crippen molar-refractivity contribution in [2.45, 2.75) is 32.2 Å². The van der Waals surface area contributed by atoms with Gasteiger partial charge < -0.3 is 14.9 Å². The number of aliphatic carboxylic acids is 1. The zero-order valence-corrected chi connectivity index (χ0v) is 14.3. The average Bonchev–Trinajstić information content (AvgIpc) is 3.34. The van der Waals surface area contributed by atoms with E-state index < -0.39 is 35.3 Å². The molecule has 8 heteroatoms.